The molecule has 1 saturated heterocycles. The number of hydrogen-bond acceptors (Lipinski definition) is 7. The summed E-state index contributed by atoms with van der Waals surface area (Å²) in [5.74, 6) is 0.708. The Labute approximate surface area is 184 Å². The number of sulfonamides is 1. The Hall–Kier alpha value is -3.08. The Morgan fingerprint density at radius 2 is 1.68 bits per heavy atom. The van der Waals surface area contributed by atoms with Crippen LogP contribution in [0.5, 0.6) is 0 Å². The summed E-state index contributed by atoms with van der Waals surface area (Å²) in [6.45, 7) is 1.23. The van der Waals surface area contributed by atoms with Crippen molar-refractivity contribution in [2.75, 3.05) is 31.1 Å². The molecular formula is C20H18ClN5O4S. The quantitative estimate of drug-likeness (QED) is 0.425. The van der Waals surface area contributed by atoms with Crippen LogP contribution in [0.4, 0.5) is 11.5 Å². The minimum absolute atomic E-state index is 0.0451. The van der Waals surface area contributed by atoms with Crippen LogP contribution in [-0.2, 0) is 10.0 Å². The van der Waals surface area contributed by atoms with Gasteiger partial charge in [-0.25, -0.2) is 18.4 Å². The van der Waals surface area contributed by atoms with Gasteiger partial charge in [-0.15, -0.1) is 0 Å². The zero-order chi connectivity index (χ0) is 22.0. The molecule has 9 nitrogen and oxygen atoms in total. The second-order valence-corrected chi connectivity index (χ2v) is 9.20. The molecular weight excluding hydrogens is 442 g/mol. The third-order valence-corrected chi connectivity index (χ3v) is 7.41. The van der Waals surface area contributed by atoms with Gasteiger partial charge in [-0.05, 0) is 6.07 Å². The first-order valence-electron chi connectivity index (χ1n) is 9.43. The fraction of sp³-hybridized carbons (Fsp3) is 0.200. The monoisotopic (exact) mass is 459 g/mol. The number of benzene rings is 2. The molecule has 0 saturated carbocycles. The molecule has 3 aromatic rings. The van der Waals surface area contributed by atoms with E-state index in [0.29, 0.717) is 18.9 Å². The minimum Gasteiger partial charge on any atom is -0.354 e. The van der Waals surface area contributed by atoms with Gasteiger partial charge in [0.15, 0.2) is 0 Å². The van der Waals surface area contributed by atoms with E-state index in [4.69, 9.17) is 11.6 Å². The summed E-state index contributed by atoms with van der Waals surface area (Å²) in [6, 6.07) is 15.0. The Morgan fingerprint density at radius 3 is 2.35 bits per heavy atom. The number of aromatic nitrogens is 2. The van der Waals surface area contributed by atoms with Crippen molar-refractivity contribution in [2.45, 2.75) is 4.90 Å². The topological polar surface area (TPSA) is 110 Å². The van der Waals surface area contributed by atoms with Crippen LogP contribution in [0, 0.1) is 10.1 Å². The van der Waals surface area contributed by atoms with E-state index in [9.17, 15) is 18.5 Å². The number of non-ortho nitro benzene ring substituents is 1. The van der Waals surface area contributed by atoms with E-state index in [1.54, 1.807) is 0 Å². The number of hydrogen-bond donors (Lipinski definition) is 0. The highest BCUT2D eigenvalue weighted by Gasteiger charge is 2.31. The van der Waals surface area contributed by atoms with Crippen LogP contribution in [0.1, 0.15) is 0 Å². The van der Waals surface area contributed by atoms with Crippen molar-refractivity contribution in [2.24, 2.45) is 0 Å². The van der Waals surface area contributed by atoms with E-state index in [-0.39, 0.29) is 28.7 Å². The van der Waals surface area contributed by atoms with E-state index >= 15 is 0 Å². The van der Waals surface area contributed by atoms with Crippen molar-refractivity contribution in [1.82, 2.24) is 14.3 Å². The fourth-order valence-corrected chi connectivity index (χ4v) is 5.30. The molecule has 1 aliphatic heterocycles. The first kappa shape index (κ1) is 21.2. The molecule has 1 fully saturated rings. The van der Waals surface area contributed by atoms with Gasteiger partial charge in [0.1, 0.15) is 17.0 Å². The molecule has 0 aliphatic carbocycles. The summed E-state index contributed by atoms with van der Waals surface area (Å²) in [5, 5.41) is 11.0. The molecule has 2 heterocycles. The van der Waals surface area contributed by atoms with Gasteiger partial charge >= 0.3 is 0 Å². The van der Waals surface area contributed by atoms with Crippen molar-refractivity contribution >= 4 is 33.1 Å². The Kier molecular flexibility index (Phi) is 5.86. The summed E-state index contributed by atoms with van der Waals surface area (Å²) in [7, 11) is -3.97. The first-order chi connectivity index (χ1) is 14.9. The van der Waals surface area contributed by atoms with Crippen molar-refractivity contribution in [3.8, 4) is 11.3 Å². The molecule has 11 heteroatoms. The molecule has 0 amide bonds. The van der Waals surface area contributed by atoms with Crippen LogP contribution >= 0.6 is 11.6 Å². The lowest BCUT2D eigenvalue weighted by molar-refractivity contribution is -0.385. The number of nitro benzene ring substituents is 1. The van der Waals surface area contributed by atoms with E-state index in [0.717, 1.165) is 17.3 Å². The van der Waals surface area contributed by atoms with Crippen molar-refractivity contribution in [3.63, 3.8) is 0 Å². The molecule has 0 atom stereocenters. The number of piperazine rings is 1. The molecule has 0 bridgehead atoms. The number of halogens is 1. The van der Waals surface area contributed by atoms with Gasteiger partial charge in [0, 0.05) is 49.9 Å². The largest absolute Gasteiger partial charge is 0.354 e. The van der Waals surface area contributed by atoms with Gasteiger partial charge in [-0.2, -0.15) is 4.31 Å². The molecule has 0 unspecified atom stereocenters. The molecule has 1 aliphatic rings. The third kappa shape index (κ3) is 4.36. The highest BCUT2D eigenvalue weighted by molar-refractivity contribution is 7.89. The lowest BCUT2D eigenvalue weighted by Crippen LogP contribution is -2.49. The number of nitrogens with zero attached hydrogens (tertiary/aromatic N) is 5. The summed E-state index contributed by atoms with van der Waals surface area (Å²) in [5.41, 5.74) is 1.42. The Balaban J connectivity index is 1.52. The van der Waals surface area contributed by atoms with Crippen LogP contribution in [0.15, 0.2) is 65.8 Å². The lowest BCUT2D eigenvalue weighted by Gasteiger charge is -2.34. The van der Waals surface area contributed by atoms with Crippen molar-refractivity contribution < 1.29 is 13.3 Å². The average Bonchev–Trinajstić information content (AvgIpc) is 2.80. The second-order valence-electron chi connectivity index (χ2n) is 6.89. The van der Waals surface area contributed by atoms with Crippen molar-refractivity contribution in [1.29, 1.82) is 0 Å². The van der Waals surface area contributed by atoms with Crippen LogP contribution in [0.2, 0.25) is 5.02 Å². The van der Waals surface area contributed by atoms with Gasteiger partial charge in [0.05, 0.1) is 15.6 Å². The highest BCUT2D eigenvalue weighted by atomic mass is 35.5. The van der Waals surface area contributed by atoms with E-state index in [2.05, 4.69) is 9.97 Å². The van der Waals surface area contributed by atoms with E-state index in [1.807, 2.05) is 41.3 Å². The zero-order valence-electron chi connectivity index (χ0n) is 16.3. The summed E-state index contributed by atoms with van der Waals surface area (Å²) >= 11 is 6.05. The maximum atomic E-state index is 13.0. The number of anilines is 1. The number of rotatable bonds is 5. The van der Waals surface area contributed by atoms with Gasteiger partial charge in [0.2, 0.25) is 10.0 Å². The first-order valence-corrected chi connectivity index (χ1v) is 11.2. The predicted molar refractivity (Wildman–Crippen MR) is 117 cm³/mol. The zero-order valence-corrected chi connectivity index (χ0v) is 17.8. The summed E-state index contributed by atoms with van der Waals surface area (Å²) < 4.78 is 27.4. The van der Waals surface area contributed by atoms with Crippen molar-refractivity contribution in [3.05, 3.63) is 76.1 Å². The molecule has 31 heavy (non-hydrogen) atoms. The van der Waals surface area contributed by atoms with Crippen LogP contribution in [0.25, 0.3) is 11.3 Å². The molecule has 0 N–H and O–H groups in total. The molecule has 0 spiro atoms. The summed E-state index contributed by atoms with van der Waals surface area (Å²) in [4.78, 5) is 20.8. The fourth-order valence-electron chi connectivity index (χ4n) is 3.39. The molecule has 160 valence electrons. The average molecular weight is 460 g/mol. The van der Waals surface area contributed by atoms with Gasteiger partial charge in [-0.3, -0.25) is 10.1 Å². The second kappa shape index (κ2) is 8.58. The normalized spacial score (nSPS) is 15.1. The number of nitro groups is 1. The maximum absolute atomic E-state index is 13.0. The molecule has 1 aromatic heterocycles. The van der Waals surface area contributed by atoms with Gasteiger partial charge in [-0.1, -0.05) is 41.9 Å². The van der Waals surface area contributed by atoms with Crippen LogP contribution < -0.4 is 4.90 Å². The molecule has 0 radical (unpaired) electrons. The summed E-state index contributed by atoms with van der Waals surface area (Å²) in [6.07, 6.45) is 1.49. The standard InChI is InChI=1S/C20H18ClN5O4S/c21-17-7-6-16(26(27)28)12-19(17)31(29,30)25-10-8-24(9-11-25)20-13-18(22-14-23-20)15-4-2-1-3-5-15/h1-7,12-14H,8-11H2. The predicted octanol–water partition coefficient (Wildman–Crippen LogP) is 3.22. The smallest absolute Gasteiger partial charge is 0.270 e. The Bertz CT molecular complexity index is 1220. The van der Waals surface area contributed by atoms with Gasteiger partial charge in [0.25, 0.3) is 5.69 Å². The third-order valence-electron chi connectivity index (χ3n) is 5.03. The van der Waals surface area contributed by atoms with Crippen LogP contribution in [0.3, 0.4) is 0 Å². The lowest BCUT2D eigenvalue weighted by atomic mass is 10.1. The molecule has 2 aromatic carbocycles. The molecule has 4 rings (SSSR count). The maximum Gasteiger partial charge on any atom is 0.270 e. The Morgan fingerprint density at radius 1 is 0.968 bits per heavy atom. The SMILES string of the molecule is O=[N+]([O-])c1ccc(Cl)c(S(=O)(=O)N2CCN(c3cc(-c4ccccc4)ncn3)CC2)c1. The van der Waals surface area contributed by atoms with Crippen LogP contribution in [-0.4, -0.2) is 53.8 Å². The van der Waals surface area contributed by atoms with E-state index < -0.39 is 14.9 Å². The highest BCUT2D eigenvalue weighted by Crippen LogP contribution is 2.30. The van der Waals surface area contributed by atoms with E-state index in [1.165, 1.54) is 22.8 Å². The minimum atomic E-state index is -3.97. The van der Waals surface area contributed by atoms with Gasteiger partial charge < -0.3 is 4.90 Å².